The molecule has 0 aromatic heterocycles. The first-order valence-corrected chi connectivity index (χ1v) is 8.71. The number of hydrogen-bond acceptors (Lipinski definition) is 3. The van der Waals surface area contributed by atoms with Gasteiger partial charge in [-0.1, -0.05) is 57.9 Å². The summed E-state index contributed by atoms with van der Waals surface area (Å²) in [6.45, 7) is 3.95. The van der Waals surface area contributed by atoms with Crippen LogP contribution in [0.25, 0.3) is 6.08 Å². The van der Waals surface area contributed by atoms with Crippen LogP contribution in [0.15, 0.2) is 59.1 Å². The van der Waals surface area contributed by atoms with Crippen LogP contribution in [-0.4, -0.2) is 18.0 Å². The Hall–Kier alpha value is -2.40. The second-order valence-electron chi connectivity index (χ2n) is 5.67. The van der Waals surface area contributed by atoms with Crippen molar-refractivity contribution in [2.75, 3.05) is 0 Å². The smallest absolute Gasteiger partial charge is 0.331 e. The molecule has 0 aliphatic rings. The molecule has 0 unspecified atom stereocenters. The minimum atomic E-state index is -0.856. The topological polar surface area (TPSA) is 55.4 Å². The van der Waals surface area contributed by atoms with Crippen molar-refractivity contribution < 1.29 is 14.3 Å². The summed E-state index contributed by atoms with van der Waals surface area (Å²) in [6.07, 6.45) is 2.10. The summed E-state index contributed by atoms with van der Waals surface area (Å²) in [5.41, 5.74) is 3.02. The summed E-state index contributed by atoms with van der Waals surface area (Å²) in [4.78, 5) is 23.8. The predicted octanol–water partition coefficient (Wildman–Crippen LogP) is 4.02. The van der Waals surface area contributed by atoms with Crippen molar-refractivity contribution in [1.82, 2.24) is 5.32 Å². The first-order valence-electron chi connectivity index (χ1n) is 7.91. The Morgan fingerprint density at radius 1 is 1.20 bits per heavy atom. The highest BCUT2D eigenvalue weighted by atomic mass is 79.9. The van der Waals surface area contributed by atoms with Crippen LogP contribution in [0.2, 0.25) is 0 Å². The lowest BCUT2D eigenvalue weighted by atomic mass is 10.1. The fourth-order valence-electron chi connectivity index (χ4n) is 2.08. The minimum absolute atomic E-state index is 0.329. The zero-order valence-electron chi connectivity index (χ0n) is 14.2. The molecule has 25 heavy (non-hydrogen) atoms. The van der Waals surface area contributed by atoms with Crippen molar-refractivity contribution in [3.8, 4) is 0 Å². The molecular formula is C20H20BrNO3. The monoisotopic (exact) mass is 401 g/mol. The van der Waals surface area contributed by atoms with Crippen LogP contribution in [-0.2, 0) is 20.9 Å². The van der Waals surface area contributed by atoms with E-state index in [-0.39, 0.29) is 5.91 Å². The molecule has 0 bridgehead atoms. The molecule has 0 saturated carbocycles. The molecule has 0 aliphatic heterocycles. The number of hydrogen-bond donors (Lipinski definition) is 1. The van der Waals surface area contributed by atoms with Gasteiger partial charge in [-0.3, -0.25) is 4.79 Å². The molecule has 0 fully saturated rings. The number of amides is 1. The first kappa shape index (κ1) is 18.9. The summed E-state index contributed by atoms with van der Waals surface area (Å²) in [6, 6.07) is 15.4. The van der Waals surface area contributed by atoms with E-state index in [0.717, 1.165) is 21.2 Å². The second-order valence-corrected chi connectivity index (χ2v) is 6.59. The lowest BCUT2D eigenvalue weighted by Gasteiger charge is -2.12. The third-order valence-electron chi connectivity index (χ3n) is 3.51. The van der Waals surface area contributed by atoms with E-state index in [4.69, 9.17) is 4.74 Å². The van der Waals surface area contributed by atoms with Crippen LogP contribution in [0.1, 0.15) is 23.6 Å². The quantitative estimate of drug-likeness (QED) is 0.587. The van der Waals surface area contributed by atoms with Gasteiger partial charge in [-0.2, -0.15) is 0 Å². The Balaban J connectivity index is 1.81. The molecule has 2 aromatic carbocycles. The highest BCUT2D eigenvalue weighted by molar-refractivity contribution is 9.10. The zero-order valence-corrected chi connectivity index (χ0v) is 15.7. The first-order chi connectivity index (χ1) is 11.9. The average molecular weight is 402 g/mol. The number of nitrogens with one attached hydrogen (secondary N) is 1. The van der Waals surface area contributed by atoms with E-state index in [1.54, 1.807) is 13.0 Å². The van der Waals surface area contributed by atoms with Gasteiger partial charge in [0, 0.05) is 17.1 Å². The van der Waals surface area contributed by atoms with Crippen LogP contribution in [0.4, 0.5) is 0 Å². The summed E-state index contributed by atoms with van der Waals surface area (Å²) >= 11 is 3.37. The molecule has 0 saturated heterocycles. The number of halogens is 1. The molecule has 130 valence electrons. The van der Waals surface area contributed by atoms with Crippen molar-refractivity contribution in [2.24, 2.45) is 0 Å². The van der Waals surface area contributed by atoms with Gasteiger partial charge in [0.1, 0.15) is 0 Å². The molecule has 0 heterocycles. The maximum atomic E-state index is 12.0. The van der Waals surface area contributed by atoms with Crippen LogP contribution in [0.5, 0.6) is 0 Å². The van der Waals surface area contributed by atoms with E-state index in [1.165, 1.54) is 6.08 Å². The highest BCUT2D eigenvalue weighted by Gasteiger charge is 2.16. The fourth-order valence-corrected chi connectivity index (χ4v) is 2.50. The Kier molecular flexibility index (Phi) is 6.95. The number of rotatable bonds is 6. The number of ether oxygens (including phenoxy) is 1. The summed E-state index contributed by atoms with van der Waals surface area (Å²) < 4.78 is 6.05. The van der Waals surface area contributed by atoms with E-state index >= 15 is 0 Å². The largest absolute Gasteiger partial charge is 0.449 e. The van der Waals surface area contributed by atoms with Crippen molar-refractivity contribution in [3.05, 3.63) is 75.8 Å². The Bertz CT molecular complexity index is 769. The highest BCUT2D eigenvalue weighted by Crippen LogP contribution is 2.12. The number of esters is 1. The third kappa shape index (κ3) is 6.55. The van der Waals surface area contributed by atoms with Gasteiger partial charge >= 0.3 is 5.97 Å². The molecule has 0 radical (unpaired) electrons. The van der Waals surface area contributed by atoms with Gasteiger partial charge in [0.2, 0.25) is 0 Å². The number of benzene rings is 2. The van der Waals surface area contributed by atoms with Gasteiger partial charge in [-0.15, -0.1) is 0 Å². The molecule has 4 nitrogen and oxygen atoms in total. The summed E-state index contributed by atoms with van der Waals surface area (Å²) in [7, 11) is 0. The Labute approximate surface area is 156 Å². The SMILES string of the molecule is Cc1ccc(CNC(=O)[C@@H](C)OC(=O)/C=C/c2cccc(Br)c2)cc1. The maximum absolute atomic E-state index is 12.0. The van der Waals surface area contributed by atoms with Crippen LogP contribution < -0.4 is 5.32 Å². The van der Waals surface area contributed by atoms with Crippen molar-refractivity contribution in [3.63, 3.8) is 0 Å². The lowest BCUT2D eigenvalue weighted by molar-refractivity contribution is -0.150. The van der Waals surface area contributed by atoms with E-state index in [1.807, 2.05) is 55.5 Å². The lowest BCUT2D eigenvalue weighted by Crippen LogP contribution is -2.35. The van der Waals surface area contributed by atoms with Crippen molar-refractivity contribution >= 4 is 33.9 Å². The van der Waals surface area contributed by atoms with E-state index in [9.17, 15) is 9.59 Å². The molecule has 5 heteroatoms. The molecule has 1 atom stereocenters. The van der Waals surface area contributed by atoms with Gasteiger partial charge in [0.25, 0.3) is 5.91 Å². The van der Waals surface area contributed by atoms with Gasteiger partial charge in [0.15, 0.2) is 6.10 Å². The summed E-state index contributed by atoms with van der Waals surface area (Å²) in [5, 5.41) is 2.76. The van der Waals surface area contributed by atoms with Gasteiger partial charge in [-0.05, 0) is 43.2 Å². The van der Waals surface area contributed by atoms with Crippen LogP contribution in [0.3, 0.4) is 0 Å². The van der Waals surface area contributed by atoms with E-state index < -0.39 is 12.1 Å². The van der Waals surface area contributed by atoms with E-state index in [2.05, 4.69) is 21.2 Å². The van der Waals surface area contributed by atoms with Crippen LogP contribution >= 0.6 is 15.9 Å². The number of carbonyl (C=O) groups excluding carboxylic acids is 2. The fraction of sp³-hybridized carbons (Fsp3) is 0.200. The Morgan fingerprint density at radius 3 is 2.60 bits per heavy atom. The zero-order chi connectivity index (χ0) is 18.2. The van der Waals surface area contributed by atoms with Crippen molar-refractivity contribution in [1.29, 1.82) is 0 Å². The average Bonchev–Trinajstić information content (AvgIpc) is 2.59. The van der Waals surface area contributed by atoms with E-state index in [0.29, 0.717) is 6.54 Å². The maximum Gasteiger partial charge on any atom is 0.331 e. The number of carbonyl (C=O) groups is 2. The number of aryl methyl sites for hydroxylation is 1. The van der Waals surface area contributed by atoms with Gasteiger partial charge < -0.3 is 10.1 Å². The van der Waals surface area contributed by atoms with Crippen LogP contribution in [0, 0.1) is 6.92 Å². The third-order valence-corrected chi connectivity index (χ3v) is 4.00. The standard InChI is InChI=1S/C20H20BrNO3/c1-14-6-8-17(9-7-14)13-22-20(24)15(2)25-19(23)11-10-16-4-3-5-18(21)12-16/h3-12,15H,13H2,1-2H3,(H,22,24)/b11-10+/t15-/m1/s1. The molecular weight excluding hydrogens is 382 g/mol. The second kappa shape index (κ2) is 9.18. The molecule has 1 N–H and O–H groups in total. The minimum Gasteiger partial charge on any atom is -0.449 e. The molecule has 2 rings (SSSR count). The van der Waals surface area contributed by atoms with Gasteiger partial charge in [0.05, 0.1) is 0 Å². The molecule has 0 aliphatic carbocycles. The molecule has 0 spiro atoms. The Morgan fingerprint density at radius 2 is 1.92 bits per heavy atom. The predicted molar refractivity (Wildman–Crippen MR) is 102 cm³/mol. The molecule has 1 amide bonds. The van der Waals surface area contributed by atoms with Crippen molar-refractivity contribution in [2.45, 2.75) is 26.5 Å². The van der Waals surface area contributed by atoms with Gasteiger partial charge in [-0.25, -0.2) is 4.79 Å². The normalized spacial score (nSPS) is 12.0. The molecule has 2 aromatic rings. The summed E-state index contributed by atoms with van der Waals surface area (Å²) in [5.74, 6) is -0.886.